The Bertz CT molecular complexity index is 1100. The molecule has 0 unspecified atom stereocenters. The first-order valence-electron chi connectivity index (χ1n) is 8.21. The average Bonchev–Trinajstić information content (AvgIpc) is 2.66. The molecule has 0 aliphatic rings. The first kappa shape index (κ1) is 18.4. The number of benzene rings is 2. The van der Waals surface area contributed by atoms with Crippen molar-refractivity contribution in [2.24, 2.45) is 0 Å². The predicted octanol–water partition coefficient (Wildman–Crippen LogP) is 4.11. The second kappa shape index (κ2) is 7.48. The number of pyridine rings is 1. The smallest absolute Gasteiger partial charge is 0.263 e. The highest BCUT2D eigenvalue weighted by Crippen LogP contribution is 2.20. The number of nitrogens with one attached hydrogen (secondary N) is 2. The van der Waals surface area contributed by atoms with Gasteiger partial charge in [0.2, 0.25) is 0 Å². The highest BCUT2D eigenvalue weighted by Gasteiger charge is 2.15. The van der Waals surface area contributed by atoms with E-state index in [4.69, 9.17) is 5.26 Å². The van der Waals surface area contributed by atoms with Crippen molar-refractivity contribution in [3.63, 3.8) is 0 Å². The zero-order chi connectivity index (χ0) is 19.4. The van der Waals surface area contributed by atoms with Crippen LogP contribution in [0.2, 0.25) is 0 Å². The first-order valence-corrected chi connectivity index (χ1v) is 9.69. The summed E-state index contributed by atoms with van der Waals surface area (Å²) in [5, 5.41) is 12.0. The van der Waals surface area contributed by atoms with Crippen molar-refractivity contribution >= 4 is 27.2 Å². The van der Waals surface area contributed by atoms with Gasteiger partial charge in [0, 0.05) is 5.69 Å². The summed E-state index contributed by atoms with van der Waals surface area (Å²) in [7, 11) is -3.70. The average molecular weight is 378 g/mol. The van der Waals surface area contributed by atoms with Gasteiger partial charge in [0.05, 0.1) is 28.4 Å². The summed E-state index contributed by atoms with van der Waals surface area (Å²) in [4.78, 5) is 4.36. The molecule has 136 valence electrons. The van der Waals surface area contributed by atoms with Crippen molar-refractivity contribution in [2.75, 3.05) is 10.0 Å². The van der Waals surface area contributed by atoms with E-state index >= 15 is 0 Å². The highest BCUT2D eigenvalue weighted by atomic mass is 32.2. The van der Waals surface area contributed by atoms with Crippen LogP contribution in [0, 0.1) is 25.2 Å². The summed E-state index contributed by atoms with van der Waals surface area (Å²) in [5.41, 5.74) is 4.03. The molecule has 0 radical (unpaired) electrons. The Hall–Kier alpha value is -3.37. The standard InChI is InChI=1S/C20H18N4O2S/c1-14-3-9-19(11-15(14)2)27(25,26)24-20-10-8-18(13-22-20)23-17-6-4-16(12-21)5-7-17/h3-11,13,23H,1-2H3,(H,22,24). The summed E-state index contributed by atoms with van der Waals surface area (Å²) in [6, 6.07) is 17.4. The number of nitriles is 1. The summed E-state index contributed by atoms with van der Waals surface area (Å²) < 4.78 is 27.5. The third-order valence-electron chi connectivity index (χ3n) is 4.09. The maximum atomic E-state index is 12.5. The Morgan fingerprint density at radius 2 is 1.63 bits per heavy atom. The van der Waals surface area contributed by atoms with Gasteiger partial charge in [-0.3, -0.25) is 4.72 Å². The molecule has 27 heavy (non-hydrogen) atoms. The fraction of sp³-hybridized carbons (Fsp3) is 0.100. The molecule has 7 heteroatoms. The molecule has 6 nitrogen and oxygen atoms in total. The van der Waals surface area contributed by atoms with Crippen LogP contribution in [-0.2, 0) is 10.0 Å². The summed E-state index contributed by atoms with van der Waals surface area (Å²) in [5.74, 6) is 0.235. The van der Waals surface area contributed by atoms with Crippen LogP contribution < -0.4 is 10.0 Å². The number of sulfonamides is 1. The molecule has 3 aromatic rings. The van der Waals surface area contributed by atoms with Gasteiger partial charge < -0.3 is 5.32 Å². The quantitative estimate of drug-likeness (QED) is 0.696. The summed E-state index contributed by atoms with van der Waals surface area (Å²) in [6.07, 6.45) is 1.54. The van der Waals surface area contributed by atoms with Crippen molar-refractivity contribution in [3.05, 3.63) is 77.5 Å². The van der Waals surface area contributed by atoms with Gasteiger partial charge in [-0.1, -0.05) is 6.07 Å². The van der Waals surface area contributed by atoms with E-state index in [1.54, 1.807) is 54.6 Å². The van der Waals surface area contributed by atoms with E-state index in [0.29, 0.717) is 11.3 Å². The number of aryl methyl sites for hydroxylation is 2. The van der Waals surface area contributed by atoms with Gasteiger partial charge in [-0.15, -0.1) is 0 Å². The van der Waals surface area contributed by atoms with Gasteiger partial charge in [-0.2, -0.15) is 5.26 Å². The molecule has 1 aromatic heterocycles. The molecule has 0 aliphatic heterocycles. The highest BCUT2D eigenvalue weighted by molar-refractivity contribution is 7.92. The molecule has 2 aromatic carbocycles. The minimum Gasteiger partial charge on any atom is -0.354 e. The van der Waals surface area contributed by atoms with E-state index in [2.05, 4.69) is 21.1 Å². The monoisotopic (exact) mass is 378 g/mol. The van der Waals surface area contributed by atoms with Gasteiger partial charge in [-0.05, 0) is 73.5 Å². The van der Waals surface area contributed by atoms with Gasteiger partial charge in [0.25, 0.3) is 10.0 Å². The van der Waals surface area contributed by atoms with Gasteiger partial charge in [0.15, 0.2) is 0 Å². The van der Waals surface area contributed by atoms with Crippen molar-refractivity contribution in [3.8, 4) is 6.07 Å². The van der Waals surface area contributed by atoms with E-state index in [-0.39, 0.29) is 10.7 Å². The minimum absolute atomic E-state index is 0.201. The topological polar surface area (TPSA) is 94.9 Å². The zero-order valence-corrected chi connectivity index (χ0v) is 15.7. The molecule has 2 N–H and O–H groups in total. The van der Waals surface area contributed by atoms with Crippen LogP contribution in [0.3, 0.4) is 0 Å². The Labute approximate surface area is 158 Å². The first-order chi connectivity index (χ1) is 12.9. The van der Waals surface area contributed by atoms with Crippen LogP contribution in [-0.4, -0.2) is 13.4 Å². The van der Waals surface area contributed by atoms with E-state index in [1.165, 1.54) is 6.20 Å². The fourth-order valence-corrected chi connectivity index (χ4v) is 3.49. The molecule has 0 spiro atoms. The van der Waals surface area contributed by atoms with Crippen LogP contribution >= 0.6 is 0 Å². The Morgan fingerprint density at radius 3 is 2.22 bits per heavy atom. The number of nitrogens with zero attached hydrogens (tertiary/aromatic N) is 2. The lowest BCUT2D eigenvalue weighted by molar-refractivity contribution is 0.601. The van der Waals surface area contributed by atoms with Crippen LogP contribution in [0.5, 0.6) is 0 Å². The third-order valence-corrected chi connectivity index (χ3v) is 5.45. The SMILES string of the molecule is Cc1ccc(S(=O)(=O)Nc2ccc(Nc3ccc(C#N)cc3)cn2)cc1C. The Kier molecular flexibility index (Phi) is 5.10. The van der Waals surface area contributed by atoms with Crippen molar-refractivity contribution < 1.29 is 8.42 Å². The lowest BCUT2D eigenvalue weighted by Gasteiger charge is -2.10. The molecule has 0 saturated carbocycles. The third kappa shape index (κ3) is 4.43. The maximum Gasteiger partial charge on any atom is 0.263 e. The van der Waals surface area contributed by atoms with E-state index in [1.807, 2.05) is 13.8 Å². The van der Waals surface area contributed by atoms with Crippen molar-refractivity contribution in [2.45, 2.75) is 18.7 Å². The lowest BCUT2D eigenvalue weighted by atomic mass is 10.1. The molecule has 0 bridgehead atoms. The Balaban J connectivity index is 1.72. The molecule has 0 saturated heterocycles. The Morgan fingerprint density at radius 1 is 0.926 bits per heavy atom. The molecule has 3 rings (SSSR count). The molecule has 0 atom stereocenters. The predicted molar refractivity (Wildman–Crippen MR) is 105 cm³/mol. The maximum absolute atomic E-state index is 12.5. The van der Waals surface area contributed by atoms with Gasteiger partial charge in [-0.25, -0.2) is 13.4 Å². The summed E-state index contributed by atoms with van der Waals surface area (Å²) >= 11 is 0. The fourth-order valence-electron chi connectivity index (χ4n) is 2.40. The van der Waals surface area contributed by atoms with Crippen LogP contribution in [0.15, 0.2) is 65.7 Å². The molecule has 0 aliphatic carbocycles. The van der Waals surface area contributed by atoms with Crippen LogP contribution in [0.1, 0.15) is 16.7 Å². The zero-order valence-electron chi connectivity index (χ0n) is 14.9. The summed E-state index contributed by atoms with van der Waals surface area (Å²) in [6.45, 7) is 3.80. The van der Waals surface area contributed by atoms with E-state index in [0.717, 1.165) is 16.8 Å². The largest absolute Gasteiger partial charge is 0.354 e. The van der Waals surface area contributed by atoms with E-state index < -0.39 is 10.0 Å². The number of aromatic nitrogens is 1. The van der Waals surface area contributed by atoms with Crippen LogP contribution in [0.25, 0.3) is 0 Å². The van der Waals surface area contributed by atoms with Crippen LogP contribution in [0.4, 0.5) is 17.2 Å². The normalized spacial score (nSPS) is 10.9. The molecular formula is C20H18N4O2S. The number of anilines is 3. The van der Waals surface area contributed by atoms with Crippen molar-refractivity contribution in [1.82, 2.24) is 4.98 Å². The number of rotatable bonds is 5. The second-order valence-corrected chi connectivity index (χ2v) is 7.78. The van der Waals surface area contributed by atoms with Crippen molar-refractivity contribution in [1.29, 1.82) is 5.26 Å². The minimum atomic E-state index is -3.70. The van der Waals surface area contributed by atoms with Gasteiger partial charge in [0.1, 0.15) is 5.82 Å². The lowest BCUT2D eigenvalue weighted by Crippen LogP contribution is -2.14. The number of hydrogen-bond acceptors (Lipinski definition) is 5. The second-order valence-electron chi connectivity index (χ2n) is 6.10. The molecule has 1 heterocycles. The molecular weight excluding hydrogens is 360 g/mol. The molecule has 0 fully saturated rings. The molecule has 0 amide bonds. The van der Waals surface area contributed by atoms with E-state index in [9.17, 15) is 8.42 Å². The number of hydrogen-bond donors (Lipinski definition) is 2. The van der Waals surface area contributed by atoms with Gasteiger partial charge >= 0.3 is 0 Å².